The van der Waals surface area contributed by atoms with E-state index in [9.17, 15) is 20.8 Å². The van der Waals surface area contributed by atoms with Gasteiger partial charge in [0.2, 0.25) is 10.1 Å². The third kappa shape index (κ3) is 11.2. The van der Waals surface area contributed by atoms with Crippen LogP contribution in [0, 0.1) is 20.8 Å². The summed E-state index contributed by atoms with van der Waals surface area (Å²) in [6.45, 7) is 0. The first-order valence-corrected chi connectivity index (χ1v) is 19.4. The monoisotopic (exact) mass is 634 g/mol. The van der Waals surface area contributed by atoms with Gasteiger partial charge in [0.25, 0.3) is 0 Å². The molecule has 0 spiro atoms. The van der Waals surface area contributed by atoms with E-state index in [1.807, 2.05) is 12.1 Å². The summed E-state index contributed by atoms with van der Waals surface area (Å²) in [6.07, 6.45) is 5.79. The average molecular weight is 637 g/mol. The summed E-state index contributed by atoms with van der Waals surface area (Å²) in [5.74, 6) is 0. The Kier molecular flexibility index (Phi) is 15.2. The van der Waals surface area contributed by atoms with Crippen LogP contribution >= 0.6 is 44.8 Å². The SMILES string of the molecule is [O-][n+]1ccccc1S.[O-][n+]1ccccc1S.[O-][n+]1ccccc1[S][Zn][S]c1cccc[n+]1[O-].[Zn]. The van der Waals surface area contributed by atoms with Gasteiger partial charge in [0.1, 0.15) is 0 Å². The van der Waals surface area contributed by atoms with Crippen molar-refractivity contribution in [3.8, 4) is 0 Å². The molecule has 0 radical (unpaired) electrons. The molecule has 4 aromatic heterocycles. The summed E-state index contributed by atoms with van der Waals surface area (Å²) in [5, 5.41) is 46.0. The number of hydrogen-bond acceptors (Lipinski definition) is 8. The van der Waals surface area contributed by atoms with E-state index >= 15 is 0 Å². The largest absolute Gasteiger partial charge is 0 e. The summed E-state index contributed by atoms with van der Waals surface area (Å²) in [6, 6.07) is 20.8. The van der Waals surface area contributed by atoms with Crippen LogP contribution in [0.2, 0.25) is 0 Å². The third-order valence-electron chi connectivity index (χ3n) is 3.60. The van der Waals surface area contributed by atoms with Crippen LogP contribution < -0.4 is 18.9 Å². The van der Waals surface area contributed by atoms with Gasteiger partial charge in [0, 0.05) is 43.7 Å². The molecule has 0 amide bonds. The molecule has 34 heavy (non-hydrogen) atoms. The van der Waals surface area contributed by atoms with Crippen LogP contribution in [0.25, 0.3) is 0 Å². The zero-order valence-electron chi connectivity index (χ0n) is 17.8. The molecule has 14 heteroatoms. The minimum atomic E-state index is -1.08. The van der Waals surface area contributed by atoms with E-state index in [4.69, 9.17) is 0 Å². The van der Waals surface area contributed by atoms with Crippen molar-refractivity contribution in [3.05, 3.63) is 118 Å². The van der Waals surface area contributed by atoms with E-state index in [-0.39, 0.29) is 19.5 Å². The van der Waals surface area contributed by atoms with Crippen molar-refractivity contribution < 1.29 is 53.1 Å². The topological polar surface area (TPSA) is 108 Å². The van der Waals surface area contributed by atoms with Crippen LogP contribution in [0.5, 0.6) is 0 Å². The Hall–Kier alpha value is -1.55. The molecule has 0 N–H and O–H groups in total. The average Bonchev–Trinajstić information content (AvgIpc) is 2.81. The first-order chi connectivity index (χ1) is 15.9. The van der Waals surface area contributed by atoms with E-state index < -0.39 is 14.7 Å². The van der Waals surface area contributed by atoms with Gasteiger partial charge in [0.05, 0.1) is 0 Å². The summed E-state index contributed by atoms with van der Waals surface area (Å²) in [4.78, 5) is 0. The number of rotatable bonds is 4. The molecule has 0 unspecified atom stereocenters. The van der Waals surface area contributed by atoms with Gasteiger partial charge in [-0.1, -0.05) is 25.3 Å². The van der Waals surface area contributed by atoms with E-state index in [0.717, 1.165) is 9.46 Å². The molecule has 8 nitrogen and oxygen atoms in total. The molecule has 0 saturated carbocycles. The molecule has 0 fully saturated rings. The van der Waals surface area contributed by atoms with Crippen LogP contribution in [0.15, 0.2) is 118 Å². The molecule has 4 heterocycles. The van der Waals surface area contributed by atoms with Crippen molar-refractivity contribution in [3.63, 3.8) is 0 Å². The van der Waals surface area contributed by atoms with Gasteiger partial charge in [-0.3, -0.25) is 0 Å². The van der Waals surface area contributed by atoms with Crippen LogP contribution in [-0.2, 0) is 34.2 Å². The molecular weight excluding hydrogens is 619 g/mol. The van der Waals surface area contributed by atoms with Crippen molar-refractivity contribution in [2.24, 2.45) is 0 Å². The second-order valence-corrected chi connectivity index (χ2v) is 17.3. The predicted molar refractivity (Wildman–Crippen MR) is 128 cm³/mol. The summed E-state index contributed by atoms with van der Waals surface area (Å²) in [5.41, 5.74) is 0. The second-order valence-electron chi connectivity index (χ2n) is 5.91. The Bertz CT molecular complexity index is 1030. The third-order valence-corrected chi connectivity index (χ3v) is 14.6. The predicted octanol–water partition coefficient (Wildman–Crippen LogP) is 2.97. The molecule has 0 aromatic carbocycles. The molecule has 0 atom stereocenters. The standard InChI is InChI=1S/4C5H5NOS.2Zn/c4*7-6-4-2-1-3-5(6)8;;/h4*1-4,8H;;/q;;;;;+2/p-2. The number of nitrogens with zero attached hydrogens (tertiary/aromatic N) is 4. The fourth-order valence-electron chi connectivity index (χ4n) is 2.04. The zero-order chi connectivity index (χ0) is 24.1. The smallest absolute Gasteiger partial charge is 0 e. The van der Waals surface area contributed by atoms with Crippen molar-refractivity contribution in [2.75, 3.05) is 0 Å². The fourth-order valence-corrected chi connectivity index (χ4v) is 12.8. The van der Waals surface area contributed by atoms with Gasteiger partial charge >= 0.3 is 113 Å². The Balaban J connectivity index is 0.000000285. The minimum Gasteiger partial charge on any atom is 0 e. The Labute approximate surface area is 234 Å². The van der Waals surface area contributed by atoms with Crippen molar-refractivity contribution in [1.29, 1.82) is 0 Å². The summed E-state index contributed by atoms with van der Waals surface area (Å²) >= 11 is 6.62. The zero-order valence-corrected chi connectivity index (χ0v) is 27.1. The Morgan fingerprint density at radius 1 is 0.529 bits per heavy atom. The quantitative estimate of drug-likeness (QED) is 0.154. The molecule has 0 aliphatic heterocycles. The van der Waals surface area contributed by atoms with E-state index in [2.05, 4.69) is 25.3 Å². The minimum absolute atomic E-state index is 0. The molecule has 0 saturated heterocycles. The van der Waals surface area contributed by atoms with E-state index in [0.29, 0.717) is 29.6 Å². The molecule has 4 rings (SSSR count). The van der Waals surface area contributed by atoms with Crippen molar-refractivity contribution >= 4 is 44.8 Å². The van der Waals surface area contributed by atoms with Gasteiger partial charge in [-0.15, -0.1) is 0 Å². The first-order valence-electron chi connectivity index (χ1n) is 9.25. The number of thiol groups is 2. The number of hydrogen-bond donors (Lipinski definition) is 2. The molecule has 170 valence electrons. The van der Waals surface area contributed by atoms with Gasteiger partial charge < -0.3 is 10.4 Å². The van der Waals surface area contributed by atoms with Gasteiger partial charge in [-0.25, -0.2) is 0 Å². The van der Waals surface area contributed by atoms with Gasteiger partial charge in [-0.2, -0.15) is 9.46 Å². The normalized spacial score (nSPS) is 9.24. The molecule has 0 aliphatic rings. The number of pyridine rings is 4. The van der Waals surface area contributed by atoms with E-state index in [1.54, 1.807) is 80.2 Å². The molecular formula is C20H18N4O4S4Zn2. The van der Waals surface area contributed by atoms with Gasteiger partial charge in [-0.05, 0) is 12.1 Å². The second kappa shape index (κ2) is 17.0. The summed E-state index contributed by atoms with van der Waals surface area (Å²) in [7, 11) is 3.20. The fraction of sp³-hybridized carbons (Fsp3) is 0. The Morgan fingerprint density at radius 2 is 0.853 bits per heavy atom. The Morgan fingerprint density at radius 3 is 1.12 bits per heavy atom. The van der Waals surface area contributed by atoms with Crippen LogP contribution in [0.3, 0.4) is 0 Å². The van der Waals surface area contributed by atoms with Crippen LogP contribution in [-0.4, -0.2) is 0 Å². The molecule has 0 aliphatic carbocycles. The maximum atomic E-state index is 11.4. The van der Waals surface area contributed by atoms with E-state index in [1.165, 1.54) is 24.8 Å². The molecule has 4 aromatic rings. The maximum absolute atomic E-state index is 11.4. The maximum Gasteiger partial charge on any atom is 0 e. The van der Waals surface area contributed by atoms with Crippen LogP contribution in [0.1, 0.15) is 0 Å². The summed E-state index contributed by atoms with van der Waals surface area (Å²) < 4.78 is 3.13. The van der Waals surface area contributed by atoms with Crippen molar-refractivity contribution in [1.82, 2.24) is 0 Å². The van der Waals surface area contributed by atoms with Crippen LogP contribution in [0.4, 0.5) is 0 Å². The molecule has 0 bridgehead atoms. The number of aromatic nitrogens is 4. The van der Waals surface area contributed by atoms with Gasteiger partial charge in [0.15, 0.2) is 12.4 Å². The van der Waals surface area contributed by atoms with Crippen molar-refractivity contribution in [2.45, 2.75) is 20.1 Å². The first kappa shape index (κ1) is 30.5.